The lowest BCUT2D eigenvalue weighted by molar-refractivity contribution is -0.118. The van der Waals surface area contributed by atoms with Crippen LogP contribution in [0, 0.1) is 0 Å². The highest BCUT2D eigenvalue weighted by Gasteiger charge is 2.51. The minimum Gasteiger partial charge on any atom is -0.336 e. The van der Waals surface area contributed by atoms with E-state index in [1.54, 1.807) is 36.2 Å². The van der Waals surface area contributed by atoms with E-state index in [2.05, 4.69) is 36.6 Å². The minimum atomic E-state index is -0.940. The predicted molar refractivity (Wildman–Crippen MR) is 120 cm³/mol. The lowest BCUT2D eigenvalue weighted by Crippen LogP contribution is -2.46. The second kappa shape index (κ2) is 8.41. The Morgan fingerprint density at radius 2 is 1.97 bits per heavy atom. The number of nitrogens with one attached hydrogen (secondary N) is 2. The lowest BCUT2D eigenvalue weighted by atomic mass is 10.2. The zero-order valence-corrected chi connectivity index (χ0v) is 19.0. The molecule has 2 N–H and O–H groups in total. The Labute approximate surface area is 190 Å². The van der Waals surface area contributed by atoms with E-state index in [0.717, 1.165) is 4.90 Å². The van der Waals surface area contributed by atoms with E-state index in [-0.39, 0.29) is 11.6 Å². The molecule has 1 aromatic carbocycles. The molecule has 2 amide bonds. The Bertz CT molecular complexity index is 1110. The van der Waals surface area contributed by atoms with Crippen molar-refractivity contribution >= 4 is 56.8 Å². The molecule has 0 aliphatic heterocycles. The highest BCUT2D eigenvalue weighted by Crippen LogP contribution is 2.37. The van der Waals surface area contributed by atoms with Crippen molar-refractivity contribution in [1.82, 2.24) is 20.1 Å². The standard InChI is InChI=1S/C20H17BrClN5O2S/c1-30-13-6-4-12(5-7-13)24-19(29)20(8-9-20)25-18(28)15-11-16(21)26-27(15)17-14(22)3-2-10-23-17/h2-7,10-11H,8-9H2,1H3,(H,24,29)(H,25,28). The van der Waals surface area contributed by atoms with Crippen LogP contribution >= 0.6 is 39.3 Å². The van der Waals surface area contributed by atoms with E-state index in [1.807, 2.05) is 30.5 Å². The maximum Gasteiger partial charge on any atom is 0.270 e. The highest BCUT2D eigenvalue weighted by molar-refractivity contribution is 9.10. The van der Waals surface area contributed by atoms with Crippen molar-refractivity contribution < 1.29 is 9.59 Å². The summed E-state index contributed by atoms with van der Waals surface area (Å²) < 4.78 is 1.81. The summed E-state index contributed by atoms with van der Waals surface area (Å²) in [6, 6.07) is 12.5. The van der Waals surface area contributed by atoms with Gasteiger partial charge in [-0.15, -0.1) is 11.8 Å². The fraction of sp³-hybridized carbons (Fsp3) is 0.200. The number of thioether (sulfide) groups is 1. The smallest absolute Gasteiger partial charge is 0.270 e. The molecule has 1 fully saturated rings. The Hall–Kier alpha value is -2.36. The van der Waals surface area contributed by atoms with Gasteiger partial charge in [0.25, 0.3) is 5.91 Å². The first kappa shape index (κ1) is 20.9. The number of hydrogen-bond acceptors (Lipinski definition) is 5. The van der Waals surface area contributed by atoms with E-state index < -0.39 is 11.4 Å². The second-order valence-electron chi connectivity index (χ2n) is 6.79. The van der Waals surface area contributed by atoms with Crippen molar-refractivity contribution in [2.75, 3.05) is 11.6 Å². The van der Waals surface area contributed by atoms with Gasteiger partial charge in [0.2, 0.25) is 5.91 Å². The van der Waals surface area contributed by atoms with Crippen molar-refractivity contribution in [3.05, 3.63) is 64.0 Å². The molecular formula is C20H17BrClN5O2S. The van der Waals surface area contributed by atoms with Crippen molar-refractivity contribution in [2.45, 2.75) is 23.3 Å². The summed E-state index contributed by atoms with van der Waals surface area (Å²) in [7, 11) is 0. The van der Waals surface area contributed by atoms with Crippen LogP contribution in [0.3, 0.4) is 0 Å². The summed E-state index contributed by atoms with van der Waals surface area (Å²) in [5, 5.41) is 10.4. The van der Waals surface area contributed by atoms with Crippen LogP contribution in [-0.4, -0.2) is 38.4 Å². The van der Waals surface area contributed by atoms with E-state index in [0.29, 0.717) is 34.0 Å². The maximum absolute atomic E-state index is 13.0. The van der Waals surface area contributed by atoms with Crippen LogP contribution < -0.4 is 10.6 Å². The zero-order chi connectivity index (χ0) is 21.3. The van der Waals surface area contributed by atoms with Crippen LogP contribution in [0.1, 0.15) is 23.3 Å². The summed E-state index contributed by atoms with van der Waals surface area (Å²) >= 11 is 11.1. The molecule has 0 atom stereocenters. The monoisotopic (exact) mass is 505 g/mol. The Morgan fingerprint density at radius 3 is 2.60 bits per heavy atom. The van der Waals surface area contributed by atoms with Crippen LogP contribution in [0.25, 0.3) is 5.82 Å². The summed E-state index contributed by atoms with van der Waals surface area (Å²) in [6.45, 7) is 0. The van der Waals surface area contributed by atoms with Gasteiger partial charge >= 0.3 is 0 Å². The number of anilines is 1. The Balaban J connectivity index is 1.52. The number of amides is 2. The number of halogens is 2. The molecule has 2 heterocycles. The number of carbonyl (C=O) groups is 2. The third-order valence-corrected chi connectivity index (χ3v) is 6.16. The van der Waals surface area contributed by atoms with Crippen LogP contribution in [0.5, 0.6) is 0 Å². The molecule has 3 aromatic rings. The summed E-state index contributed by atoms with van der Waals surface area (Å²) in [4.78, 5) is 31.2. The first-order valence-electron chi connectivity index (χ1n) is 9.06. The van der Waals surface area contributed by atoms with Crippen LogP contribution in [0.2, 0.25) is 5.02 Å². The Morgan fingerprint density at radius 1 is 1.23 bits per heavy atom. The first-order chi connectivity index (χ1) is 14.4. The topological polar surface area (TPSA) is 88.9 Å². The highest BCUT2D eigenvalue weighted by atomic mass is 79.9. The molecule has 4 rings (SSSR count). The van der Waals surface area contributed by atoms with Gasteiger partial charge in [-0.25, -0.2) is 9.67 Å². The number of hydrogen-bond donors (Lipinski definition) is 2. The van der Waals surface area contributed by atoms with Gasteiger partial charge in [-0.3, -0.25) is 9.59 Å². The molecule has 1 aliphatic rings. The Kier molecular flexibility index (Phi) is 5.86. The summed E-state index contributed by atoms with van der Waals surface area (Å²) in [5.41, 5.74) is -0.0256. The predicted octanol–water partition coefficient (Wildman–Crippen LogP) is 4.31. The minimum absolute atomic E-state index is 0.228. The molecule has 0 saturated heterocycles. The molecular weight excluding hydrogens is 490 g/mol. The summed E-state index contributed by atoms with van der Waals surface area (Å²) in [6.07, 6.45) is 4.68. The van der Waals surface area contributed by atoms with E-state index in [1.165, 1.54) is 4.68 Å². The van der Waals surface area contributed by atoms with E-state index in [4.69, 9.17) is 11.6 Å². The van der Waals surface area contributed by atoms with Gasteiger partial charge in [0.15, 0.2) is 5.82 Å². The van der Waals surface area contributed by atoms with Crippen molar-refractivity contribution in [2.24, 2.45) is 0 Å². The van der Waals surface area contributed by atoms with Crippen LogP contribution in [-0.2, 0) is 4.79 Å². The maximum atomic E-state index is 13.0. The quantitative estimate of drug-likeness (QED) is 0.487. The zero-order valence-electron chi connectivity index (χ0n) is 15.9. The third kappa shape index (κ3) is 4.23. The number of rotatable bonds is 6. The van der Waals surface area contributed by atoms with Crippen molar-refractivity contribution in [1.29, 1.82) is 0 Å². The normalized spacial score (nSPS) is 14.2. The third-order valence-electron chi connectivity index (χ3n) is 4.74. The molecule has 1 saturated carbocycles. The molecule has 154 valence electrons. The average Bonchev–Trinajstić information content (AvgIpc) is 3.42. The van der Waals surface area contributed by atoms with E-state index >= 15 is 0 Å². The fourth-order valence-electron chi connectivity index (χ4n) is 2.95. The molecule has 0 unspecified atom stereocenters. The average molecular weight is 507 g/mol. The lowest BCUT2D eigenvalue weighted by Gasteiger charge is -2.18. The van der Waals surface area contributed by atoms with Crippen molar-refractivity contribution in [3.63, 3.8) is 0 Å². The molecule has 7 nitrogen and oxygen atoms in total. The first-order valence-corrected chi connectivity index (χ1v) is 11.5. The molecule has 1 aliphatic carbocycles. The van der Waals surface area contributed by atoms with Crippen molar-refractivity contribution in [3.8, 4) is 5.82 Å². The largest absolute Gasteiger partial charge is 0.336 e. The fourth-order valence-corrected chi connectivity index (χ4v) is 3.93. The van der Waals surface area contributed by atoms with Gasteiger partial charge in [-0.2, -0.15) is 5.10 Å². The van der Waals surface area contributed by atoms with Gasteiger partial charge in [-0.05, 0) is 71.4 Å². The van der Waals surface area contributed by atoms with Gasteiger partial charge in [0, 0.05) is 22.8 Å². The molecule has 0 radical (unpaired) electrons. The van der Waals surface area contributed by atoms with E-state index in [9.17, 15) is 9.59 Å². The number of aromatic nitrogens is 3. The molecule has 0 bridgehead atoms. The SMILES string of the molecule is CSc1ccc(NC(=O)C2(NC(=O)c3cc(Br)nn3-c3ncccc3Cl)CC2)cc1. The molecule has 2 aromatic heterocycles. The van der Waals surface area contributed by atoms with Crippen LogP contribution in [0.4, 0.5) is 5.69 Å². The number of benzene rings is 1. The van der Waals surface area contributed by atoms with Gasteiger partial charge in [0.1, 0.15) is 15.8 Å². The molecule has 0 spiro atoms. The van der Waals surface area contributed by atoms with Gasteiger partial charge in [-0.1, -0.05) is 11.6 Å². The van der Waals surface area contributed by atoms with Crippen LogP contribution in [0.15, 0.2) is 58.2 Å². The molecule has 30 heavy (non-hydrogen) atoms. The summed E-state index contributed by atoms with van der Waals surface area (Å²) in [5.74, 6) is -0.341. The second-order valence-corrected chi connectivity index (χ2v) is 8.89. The van der Waals surface area contributed by atoms with Gasteiger partial charge in [0.05, 0.1) is 5.02 Å². The number of carbonyl (C=O) groups excluding carboxylic acids is 2. The number of nitrogens with zero attached hydrogens (tertiary/aromatic N) is 3. The molecule has 10 heteroatoms. The number of pyridine rings is 1. The van der Waals surface area contributed by atoms with Gasteiger partial charge < -0.3 is 10.6 Å².